The molecule has 1 spiro atoms. The van der Waals surface area contributed by atoms with Crippen molar-refractivity contribution in [2.45, 2.75) is 63.1 Å². The molecule has 3 unspecified atom stereocenters. The van der Waals surface area contributed by atoms with Gasteiger partial charge in [0, 0.05) is 12.8 Å². The zero-order valence-electron chi connectivity index (χ0n) is 13.2. The van der Waals surface area contributed by atoms with E-state index >= 15 is 0 Å². The Kier molecular flexibility index (Phi) is 4.75. The summed E-state index contributed by atoms with van der Waals surface area (Å²) in [6.45, 7) is 1.65. The summed E-state index contributed by atoms with van der Waals surface area (Å²) in [7, 11) is -4.04. The lowest BCUT2D eigenvalue weighted by atomic mass is 9.94. The zero-order valence-corrected chi connectivity index (χ0v) is 14.0. The van der Waals surface area contributed by atoms with Gasteiger partial charge >= 0.3 is 10.3 Å². The minimum absolute atomic E-state index is 0.369. The molecule has 1 heterocycles. The maximum Gasteiger partial charge on any atom is 0.333 e. The maximum absolute atomic E-state index is 11.3. The molecule has 1 saturated carbocycles. The third-order valence-corrected chi connectivity index (χ3v) is 5.05. The standard InChI is InChI=1S/C16H23NO5S/c1-12(22-23(17,18)19)14-15(13-8-4-2-5-9-13)21-16(20-14)10-6-3-7-11-16/h2,4-5,8-9,12,14-15H,3,6-7,10-11H2,1H3,(H2,17,18,19). The predicted octanol–water partition coefficient (Wildman–Crippen LogP) is 2.41. The van der Waals surface area contributed by atoms with Crippen LogP contribution in [-0.2, 0) is 24.0 Å². The Balaban J connectivity index is 1.87. The highest BCUT2D eigenvalue weighted by Crippen LogP contribution is 2.47. The van der Waals surface area contributed by atoms with E-state index in [0.29, 0.717) is 0 Å². The quantitative estimate of drug-likeness (QED) is 0.908. The summed E-state index contributed by atoms with van der Waals surface area (Å²) in [5.74, 6) is -0.639. The van der Waals surface area contributed by atoms with Gasteiger partial charge in [0.15, 0.2) is 5.79 Å². The third-order valence-electron chi connectivity index (χ3n) is 4.48. The molecule has 0 radical (unpaired) electrons. The average Bonchev–Trinajstić information content (AvgIpc) is 2.87. The second kappa shape index (κ2) is 6.49. The Morgan fingerprint density at radius 3 is 2.43 bits per heavy atom. The van der Waals surface area contributed by atoms with Crippen molar-refractivity contribution in [2.24, 2.45) is 5.14 Å². The van der Waals surface area contributed by atoms with Crippen LogP contribution in [0, 0.1) is 0 Å². The van der Waals surface area contributed by atoms with E-state index in [-0.39, 0.29) is 6.10 Å². The monoisotopic (exact) mass is 341 g/mol. The summed E-state index contributed by atoms with van der Waals surface area (Å²) in [4.78, 5) is 0. The molecule has 6 nitrogen and oxygen atoms in total. The summed E-state index contributed by atoms with van der Waals surface area (Å²) >= 11 is 0. The van der Waals surface area contributed by atoms with E-state index in [9.17, 15) is 8.42 Å². The van der Waals surface area contributed by atoms with E-state index in [1.54, 1.807) is 6.92 Å². The molecular formula is C16H23NO5S. The van der Waals surface area contributed by atoms with E-state index in [0.717, 1.165) is 31.2 Å². The fourth-order valence-corrected chi connectivity index (χ4v) is 4.00. The van der Waals surface area contributed by atoms with Gasteiger partial charge in [0.25, 0.3) is 0 Å². The molecule has 0 amide bonds. The molecule has 1 aromatic rings. The van der Waals surface area contributed by atoms with Crippen LogP contribution < -0.4 is 5.14 Å². The Bertz CT molecular complexity index is 627. The lowest BCUT2D eigenvalue weighted by Gasteiger charge is -2.32. The number of ether oxygens (including phenoxy) is 2. The van der Waals surface area contributed by atoms with Gasteiger partial charge in [-0.05, 0) is 25.3 Å². The van der Waals surface area contributed by atoms with Crippen molar-refractivity contribution in [3.8, 4) is 0 Å². The number of hydrogen-bond donors (Lipinski definition) is 1. The van der Waals surface area contributed by atoms with Crippen LogP contribution in [0.3, 0.4) is 0 Å². The van der Waals surface area contributed by atoms with Crippen LogP contribution in [0.1, 0.15) is 50.7 Å². The number of hydrogen-bond acceptors (Lipinski definition) is 5. The summed E-state index contributed by atoms with van der Waals surface area (Å²) in [5, 5.41) is 5.01. The Hall–Kier alpha value is -0.990. The highest BCUT2D eigenvalue weighted by atomic mass is 32.2. The third kappa shape index (κ3) is 3.92. The summed E-state index contributed by atoms with van der Waals surface area (Å²) < 4.78 is 40.0. The largest absolute Gasteiger partial charge is 0.341 e. The van der Waals surface area contributed by atoms with Crippen molar-refractivity contribution in [2.75, 3.05) is 0 Å². The molecule has 2 N–H and O–H groups in total. The van der Waals surface area contributed by atoms with Gasteiger partial charge in [-0.3, -0.25) is 4.18 Å². The summed E-state index contributed by atoms with van der Waals surface area (Å²) in [5.41, 5.74) is 0.949. The molecule has 0 aromatic heterocycles. The van der Waals surface area contributed by atoms with Crippen LogP contribution in [0.4, 0.5) is 0 Å². The van der Waals surface area contributed by atoms with Crippen LogP contribution in [0.5, 0.6) is 0 Å². The molecule has 0 bridgehead atoms. The summed E-state index contributed by atoms with van der Waals surface area (Å²) in [6, 6.07) is 9.67. The fraction of sp³-hybridized carbons (Fsp3) is 0.625. The first-order valence-electron chi connectivity index (χ1n) is 8.00. The van der Waals surface area contributed by atoms with E-state index in [2.05, 4.69) is 0 Å². The van der Waals surface area contributed by atoms with Crippen LogP contribution in [-0.4, -0.2) is 26.4 Å². The van der Waals surface area contributed by atoms with Crippen LogP contribution >= 0.6 is 0 Å². The first-order valence-corrected chi connectivity index (χ1v) is 9.47. The van der Waals surface area contributed by atoms with Crippen molar-refractivity contribution in [3.05, 3.63) is 35.9 Å². The van der Waals surface area contributed by atoms with Gasteiger partial charge in [0.2, 0.25) is 0 Å². The van der Waals surface area contributed by atoms with Gasteiger partial charge in [-0.1, -0.05) is 36.8 Å². The van der Waals surface area contributed by atoms with E-state index in [4.69, 9.17) is 18.8 Å². The molecule has 7 heteroatoms. The van der Waals surface area contributed by atoms with Crippen LogP contribution in [0.15, 0.2) is 30.3 Å². The number of benzene rings is 1. The molecule has 1 aliphatic carbocycles. The molecule has 23 heavy (non-hydrogen) atoms. The second-order valence-electron chi connectivity index (χ2n) is 6.30. The SMILES string of the molecule is CC(OS(N)(=O)=O)C1OC2(CCCCC2)OC1c1ccccc1. The summed E-state index contributed by atoms with van der Waals surface area (Å²) in [6.07, 6.45) is 3.26. The second-order valence-corrected chi connectivity index (χ2v) is 7.48. The highest BCUT2D eigenvalue weighted by molar-refractivity contribution is 7.84. The van der Waals surface area contributed by atoms with Gasteiger partial charge in [-0.15, -0.1) is 0 Å². The van der Waals surface area contributed by atoms with Gasteiger partial charge in [0.05, 0.1) is 0 Å². The minimum Gasteiger partial charge on any atom is -0.341 e. The van der Waals surface area contributed by atoms with Crippen molar-refractivity contribution in [1.82, 2.24) is 0 Å². The molecule has 2 aliphatic rings. The molecule has 3 atom stereocenters. The molecule has 1 aliphatic heterocycles. The van der Waals surface area contributed by atoms with Gasteiger partial charge in [-0.2, -0.15) is 8.42 Å². The smallest absolute Gasteiger partial charge is 0.333 e. The van der Waals surface area contributed by atoms with Crippen molar-refractivity contribution in [1.29, 1.82) is 0 Å². The number of nitrogens with two attached hydrogens (primary N) is 1. The van der Waals surface area contributed by atoms with Crippen molar-refractivity contribution < 1.29 is 22.1 Å². The van der Waals surface area contributed by atoms with Gasteiger partial charge < -0.3 is 9.47 Å². The fourth-order valence-electron chi connectivity index (χ4n) is 3.47. The molecule has 2 fully saturated rings. The minimum atomic E-state index is -4.04. The first kappa shape index (κ1) is 16.9. The van der Waals surface area contributed by atoms with Crippen molar-refractivity contribution >= 4 is 10.3 Å². The first-order chi connectivity index (χ1) is 10.9. The Morgan fingerprint density at radius 1 is 1.17 bits per heavy atom. The zero-order chi connectivity index (χ0) is 16.5. The lowest BCUT2D eigenvalue weighted by molar-refractivity contribution is -0.199. The molecular weight excluding hydrogens is 318 g/mol. The topological polar surface area (TPSA) is 87.9 Å². The average molecular weight is 341 g/mol. The normalized spacial score (nSPS) is 28.8. The Labute approximate surface area is 137 Å². The molecule has 3 rings (SSSR count). The number of rotatable bonds is 4. The van der Waals surface area contributed by atoms with Gasteiger partial charge in [0.1, 0.15) is 18.3 Å². The predicted molar refractivity (Wildman–Crippen MR) is 84.6 cm³/mol. The van der Waals surface area contributed by atoms with Crippen LogP contribution in [0.25, 0.3) is 0 Å². The van der Waals surface area contributed by atoms with Crippen LogP contribution in [0.2, 0.25) is 0 Å². The van der Waals surface area contributed by atoms with E-state index in [1.165, 1.54) is 6.42 Å². The highest BCUT2D eigenvalue weighted by Gasteiger charge is 2.51. The van der Waals surface area contributed by atoms with Gasteiger partial charge in [-0.25, -0.2) is 5.14 Å². The van der Waals surface area contributed by atoms with E-state index < -0.39 is 28.3 Å². The molecule has 128 valence electrons. The molecule has 1 aromatic carbocycles. The molecule has 1 saturated heterocycles. The Morgan fingerprint density at radius 2 is 1.83 bits per heavy atom. The lowest BCUT2D eigenvalue weighted by Crippen LogP contribution is -2.37. The van der Waals surface area contributed by atoms with E-state index in [1.807, 2.05) is 30.3 Å². The maximum atomic E-state index is 11.3. The van der Waals surface area contributed by atoms with Crippen molar-refractivity contribution in [3.63, 3.8) is 0 Å².